The number of amides is 2. The lowest BCUT2D eigenvalue weighted by atomic mass is 10.1. The summed E-state index contributed by atoms with van der Waals surface area (Å²) < 4.78 is 23.2. The van der Waals surface area contributed by atoms with Crippen LogP contribution in [-0.2, 0) is 14.6 Å². The first-order valence-corrected chi connectivity index (χ1v) is 13.9. The first-order chi connectivity index (χ1) is 15.3. The van der Waals surface area contributed by atoms with Crippen molar-refractivity contribution in [3.63, 3.8) is 0 Å². The number of carbonyl (C=O) groups is 2. The third-order valence-corrected chi connectivity index (χ3v) is 7.11. The summed E-state index contributed by atoms with van der Waals surface area (Å²) in [6.07, 6.45) is 3.47. The number of sulfone groups is 1. The summed E-state index contributed by atoms with van der Waals surface area (Å²) in [6, 6.07) is 14.5. The SMILES string of the molecule is CSCCC(NC(=O)c1ccc(S(C)(=O)=O)cc1)C(=O)Nc1nc(-c2ccccc2)cs1. The van der Waals surface area contributed by atoms with Gasteiger partial charge in [0.15, 0.2) is 15.0 Å². The maximum atomic E-state index is 12.9. The Hall–Kier alpha value is -2.69. The molecule has 0 bridgehead atoms. The molecule has 32 heavy (non-hydrogen) atoms. The standard InChI is InChI=1S/C22H23N3O4S3/c1-30-13-12-18(23-20(26)16-8-10-17(11-9-16)32(2,28)29)21(27)25-22-24-19(14-31-22)15-6-4-3-5-7-15/h3-11,14,18H,12-13H2,1-2H3,(H,23,26)(H,24,25,27). The fourth-order valence-corrected chi connectivity index (χ4v) is 4.69. The molecule has 10 heteroatoms. The molecule has 0 aliphatic carbocycles. The Morgan fingerprint density at radius 1 is 1.09 bits per heavy atom. The highest BCUT2D eigenvalue weighted by Gasteiger charge is 2.22. The van der Waals surface area contributed by atoms with E-state index < -0.39 is 21.8 Å². The van der Waals surface area contributed by atoms with E-state index in [1.54, 1.807) is 11.8 Å². The van der Waals surface area contributed by atoms with E-state index in [0.29, 0.717) is 17.3 Å². The Bertz CT molecular complexity index is 1180. The van der Waals surface area contributed by atoms with Crippen molar-refractivity contribution in [3.05, 3.63) is 65.5 Å². The summed E-state index contributed by atoms with van der Waals surface area (Å²) in [5, 5.41) is 7.86. The molecule has 1 aromatic heterocycles. The van der Waals surface area contributed by atoms with Gasteiger partial charge in [-0.05, 0) is 42.7 Å². The number of anilines is 1. The van der Waals surface area contributed by atoms with E-state index in [4.69, 9.17) is 0 Å². The van der Waals surface area contributed by atoms with Gasteiger partial charge < -0.3 is 10.6 Å². The van der Waals surface area contributed by atoms with Crippen molar-refractivity contribution in [2.75, 3.05) is 23.6 Å². The Balaban J connectivity index is 1.69. The lowest BCUT2D eigenvalue weighted by Crippen LogP contribution is -2.44. The topological polar surface area (TPSA) is 105 Å². The van der Waals surface area contributed by atoms with E-state index in [1.165, 1.54) is 35.6 Å². The van der Waals surface area contributed by atoms with Crippen molar-refractivity contribution in [1.82, 2.24) is 10.3 Å². The zero-order valence-electron chi connectivity index (χ0n) is 17.6. The number of thioether (sulfide) groups is 1. The highest BCUT2D eigenvalue weighted by Crippen LogP contribution is 2.24. The van der Waals surface area contributed by atoms with Crippen molar-refractivity contribution in [1.29, 1.82) is 0 Å². The van der Waals surface area contributed by atoms with Crippen molar-refractivity contribution in [2.24, 2.45) is 0 Å². The van der Waals surface area contributed by atoms with Crippen LogP contribution in [0.4, 0.5) is 5.13 Å². The van der Waals surface area contributed by atoms with Crippen LogP contribution in [-0.4, -0.2) is 49.5 Å². The number of nitrogens with one attached hydrogen (secondary N) is 2. The molecule has 3 rings (SSSR count). The predicted molar refractivity (Wildman–Crippen MR) is 130 cm³/mol. The van der Waals surface area contributed by atoms with Crippen molar-refractivity contribution >= 4 is 49.9 Å². The molecule has 3 aromatic rings. The molecule has 2 amide bonds. The van der Waals surface area contributed by atoms with E-state index >= 15 is 0 Å². The molecule has 7 nitrogen and oxygen atoms in total. The molecule has 1 unspecified atom stereocenters. The second kappa shape index (κ2) is 10.8. The van der Waals surface area contributed by atoms with Gasteiger partial charge in [0.1, 0.15) is 6.04 Å². The van der Waals surface area contributed by atoms with Gasteiger partial charge in [-0.25, -0.2) is 13.4 Å². The van der Waals surface area contributed by atoms with Crippen molar-refractivity contribution in [3.8, 4) is 11.3 Å². The van der Waals surface area contributed by atoms with Gasteiger partial charge in [-0.1, -0.05) is 30.3 Å². The molecule has 168 valence electrons. The molecule has 0 aliphatic heterocycles. The van der Waals surface area contributed by atoms with Gasteiger partial charge in [-0.3, -0.25) is 9.59 Å². The van der Waals surface area contributed by atoms with Crippen molar-refractivity contribution < 1.29 is 18.0 Å². The average Bonchev–Trinajstić information content (AvgIpc) is 3.25. The second-order valence-corrected chi connectivity index (χ2v) is 10.9. The Kier molecular flexibility index (Phi) is 8.05. The smallest absolute Gasteiger partial charge is 0.251 e. The monoisotopic (exact) mass is 489 g/mol. The number of carbonyl (C=O) groups excluding carboxylic acids is 2. The molecule has 0 saturated carbocycles. The van der Waals surface area contributed by atoms with Crippen LogP contribution in [0.2, 0.25) is 0 Å². The number of nitrogens with zero attached hydrogens (tertiary/aromatic N) is 1. The van der Waals surface area contributed by atoms with E-state index in [-0.39, 0.29) is 16.4 Å². The fraction of sp³-hybridized carbons (Fsp3) is 0.227. The number of hydrogen-bond acceptors (Lipinski definition) is 7. The summed E-state index contributed by atoms with van der Waals surface area (Å²) in [6.45, 7) is 0. The third kappa shape index (κ3) is 6.41. The van der Waals surface area contributed by atoms with Gasteiger partial charge in [0, 0.05) is 22.8 Å². The van der Waals surface area contributed by atoms with Crippen LogP contribution in [0.15, 0.2) is 64.9 Å². The largest absolute Gasteiger partial charge is 0.340 e. The minimum absolute atomic E-state index is 0.128. The molecule has 1 heterocycles. The van der Waals surface area contributed by atoms with Gasteiger partial charge in [-0.2, -0.15) is 11.8 Å². The number of aromatic nitrogens is 1. The summed E-state index contributed by atoms with van der Waals surface area (Å²) in [7, 11) is -3.35. The van der Waals surface area contributed by atoms with Crippen LogP contribution < -0.4 is 10.6 Å². The third-order valence-electron chi connectivity index (χ3n) is 4.58. The van der Waals surface area contributed by atoms with E-state index in [2.05, 4.69) is 15.6 Å². The highest BCUT2D eigenvalue weighted by atomic mass is 32.2. The zero-order valence-corrected chi connectivity index (χ0v) is 20.0. The lowest BCUT2D eigenvalue weighted by molar-refractivity contribution is -0.118. The minimum atomic E-state index is -3.35. The maximum absolute atomic E-state index is 12.9. The van der Waals surface area contributed by atoms with Crippen LogP contribution >= 0.6 is 23.1 Å². The number of hydrogen-bond donors (Lipinski definition) is 2. The molecule has 2 aromatic carbocycles. The van der Waals surface area contributed by atoms with E-state index in [0.717, 1.165) is 17.5 Å². The first kappa shape index (κ1) is 24.0. The zero-order chi connectivity index (χ0) is 23.1. The molecular formula is C22H23N3O4S3. The summed E-state index contributed by atoms with van der Waals surface area (Å²) in [4.78, 5) is 30.1. The quantitative estimate of drug-likeness (QED) is 0.475. The molecule has 0 fully saturated rings. The molecule has 0 aliphatic rings. The van der Waals surface area contributed by atoms with Crippen LogP contribution in [0.1, 0.15) is 16.8 Å². The maximum Gasteiger partial charge on any atom is 0.251 e. The molecule has 0 radical (unpaired) electrons. The normalized spacial score (nSPS) is 12.2. The number of rotatable bonds is 9. The van der Waals surface area contributed by atoms with Gasteiger partial charge in [0.25, 0.3) is 5.91 Å². The number of benzene rings is 2. The molecule has 1 atom stereocenters. The Morgan fingerprint density at radius 3 is 2.41 bits per heavy atom. The van der Waals surface area contributed by atoms with Gasteiger partial charge >= 0.3 is 0 Å². The first-order valence-electron chi connectivity index (χ1n) is 9.69. The van der Waals surface area contributed by atoms with Crippen LogP contribution in [0, 0.1) is 0 Å². The van der Waals surface area contributed by atoms with Crippen LogP contribution in [0.25, 0.3) is 11.3 Å². The predicted octanol–water partition coefficient (Wildman–Crippen LogP) is 3.70. The van der Waals surface area contributed by atoms with E-state index in [1.807, 2.05) is 42.0 Å². The van der Waals surface area contributed by atoms with Gasteiger partial charge in [0.2, 0.25) is 5.91 Å². The summed E-state index contributed by atoms with van der Waals surface area (Å²) >= 11 is 2.89. The van der Waals surface area contributed by atoms with Crippen LogP contribution in [0.5, 0.6) is 0 Å². The molecule has 2 N–H and O–H groups in total. The Morgan fingerprint density at radius 2 is 1.78 bits per heavy atom. The molecule has 0 saturated heterocycles. The number of thiazole rings is 1. The second-order valence-electron chi connectivity index (χ2n) is 7.00. The average molecular weight is 490 g/mol. The van der Waals surface area contributed by atoms with E-state index in [9.17, 15) is 18.0 Å². The molecular weight excluding hydrogens is 466 g/mol. The van der Waals surface area contributed by atoms with Crippen LogP contribution in [0.3, 0.4) is 0 Å². The van der Waals surface area contributed by atoms with Crippen molar-refractivity contribution in [2.45, 2.75) is 17.4 Å². The summed E-state index contributed by atoms with van der Waals surface area (Å²) in [5.41, 5.74) is 2.00. The highest BCUT2D eigenvalue weighted by molar-refractivity contribution is 7.98. The molecule has 0 spiro atoms. The minimum Gasteiger partial charge on any atom is -0.340 e. The fourth-order valence-electron chi connectivity index (χ4n) is 2.86. The van der Waals surface area contributed by atoms with Gasteiger partial charge in [0.05, 0.1) is 10.6 Å². The lowest BCUT2D eigenvalue weighted by Gasteiger charge is -2.17. The van der Waals surface area contributed by atoms with Gasteiger partial charge in [-0.15, -0.1) is 11.3 Å². The Labute approximate surface area is 195 Å². The summed E-state index contributed by atoms with van der Waals surface area (Å²) in [5.74, 6) is -0.122.